The normalized spacial score (nSPS) is 27.2. The van der Waals surface area contributed by atoms with E-state index in [4.69, 9.17) is 4.74 Å². The highest BCUT2D eigenvalue weighted by Gasteiger charge is 2.50. The van der Waals surface area contributed by atoms with Crippen molar-refractivity contribution in [3.63, 3.8) is 0 Å². The zero-order chi connectivity index (χ0) is 14.8. The molecular formula is C14H23NO4. The van der Waals surface area contributed by atoms with Gasteiger partial charge in [0.25, 0.3) is 0 Å². The number of carboxylic acids is 1. The van der Waals surface area contributed by atoms with Gasteiger partial charge in [-0.05, 0) is 40.0 Å². The minimum atomic E-state index is -0.939. The van der Waals surface area contributed by atoms with Crippen LogP contribution in [0.1, 0.15) is 34.1 Å². The number of rotatable bonds is 3. The number of hydrogen-bond acceptors (Lipinski definition) is 3. The maximum absolute atomic E-state index is 12.0. The first-order valence-electron chi connectivity index (χ1n) is 6.42. The van der Waals surface area contributed by atoms with Crippen LogP contribution in [0.5, 0.6) is 0 Å². The first-order valence-corrected chi connectivity index (χ1v) is 6.42. The molecule has 0 spiro atoms. The molecular weight excluding hydrogens is 246 g/mol. The van der Waals surface area contributed by atoms with Crippen LogP contribution in [-0.2, 0) is 9.53 Å². The molecule has 1 saturated heterocycles. The smallest absolute Gasteiger partial charge is 0.410 e. The average Bonchev–Trinajstić information content (AvgIpc) is 2.56. The summed E-state index contributed by atoms with van der Waals surface area (Å²) in [6, 6.07) is 0. The molecule has 0 aromatic carbocycles. The Balaban J connectivity index is 2.84. The fourth-order valence-corrected chi connectivity index (χ4v) is 2.30. The molecule has 0 aliphatic carbocycles. The van der Waals surface area contributed by atoms with Crippen LogP contribution in [0.25, 0.3) is 0 Å². The average molecular weight is 269 g/mol. The Labute approximate surface area is 114 Å². The number of ether oxygens (including phenoxy) is 1. The van der Waals surface area contributed by atoms with Crippen molar-refractivity contribution in [3.05, 3.63) is 12.7 Å². The summed E-state index contributed by atoms with van der Waals surface area (Å²) in [5.41, 5.74) is -1.52. The standard InChI is InChI=1S/C14H23NO4/c1-6-7-10-8-15(9-14(10,5)11(16)17)12(18)19-13(2,3)4/h6,10H,1,7-9H2,2-5H3,(H,16,17)/t10?,14-/m1/s1. The van der Waals surface area contributed by atoms with Crippen LogP contribution in [-0.4, -0.2) is 40.8 Å². The molecule has 0 saturated carbocycles. The fraction of sp³-hybridized carbons (Fsp3) is 0.714. The molecule has 1 unspecified atom stereocenters. The lowest BCUT2D eigenvalue weighted by molar-refractivity contribution is -0.149. The van der Waals surface area contributed by atoms with Gasteiger partial charge >= 0.3 is 12.1 Å². The van der Waals surface area contributed by atoms with Gasteiger partial charge < -0.3 is 14.7 Å². The van der Waals surface area contributed by atoms with E-state index in [0.29, 0.717) is 13.0 Å². The number of allylic oxidation sites excluding steroid dienone is 1. The van der Waals surface area contributed by atoms with Gasteiger partial charge in [-0.1, -0.05) is 6.08 Å². The summed E-state index contributed by atoms with van der Waals surface area (Å²) in [5, 5.41) is 9.39. The number of amides is 1. The van der Waals surface area contributed by atoms with Crippen LogP contribution in [0.15, 0.2) is 12.7 Å². The number of carboxylic acid groups (broad SMARTS) is 1. The molecule has 0 radical (unpaired) electrons. The number of aliphatic carboxylic acids is 1. The van der Waals surface area contributed by atoms with Crippen molar-refractivity contribution in [2.75, 3.05) is 13.1 Å². The predicted molar refractivity (Wildman–Crippen MR) is 71.9 cm³/mol. The van der Waals surface area contributed by atoms with Gasteiger partial charge in [0.2, 0.25) is 0 Å². The lowest BCUT2D eigenvalue weighted by Crippen LogP contribution is -2.38. The minimum absolute atomic E-state index is 0.130. The van der Waals surface area contributed by atoms with Gasteiger partial charge in [-0.2, -0.15) is 0 Å². The van der Waals surface area contributed by atoms with E-state index >= 15 is 0 Å². The molecule has 5 heteroatoms. The van der Waals surface area contributed by atoms with Crippen molar-refractivity contribution in [1.29, 1.82) is 0 Å². The maximum atomic E-state index is 12.0. The Morgan fingerprint density at radius 2 is 2.11 bits per heavy atom. The summed E-state index contributed by atoms with van der Waals surface area (Å²) >= 11 is 0. The van der Waals surface area contributed by atoms with Crippen LogP contribution < -0.4 is 0 Å². The number of likely N-dealkylation sites (tertiary alicyclic amines) is 1. The molecule has 0 aromatic rings. The molecule has 1 amide bonds. The number of hydrogen-bond donors (Lipinski definition) is 1. The van der Waals surface area contributed by atoms with Gasteiger partial charge in [0.05, 0.1) is 5.41 Å². The lowest BCUT2D eigenvalue weighted by Gasteiger charge is -2.25. The van der Waals surface area contributed by atoms with Gasteiger partial charge in [0.1, 0.15) is 5.60 Å². The van der Waals surface area contributed by atoms with Crippen molar-refractivity contribution in [1.82, 2.24) is 4.90 Å². The van der Waals surface area contributed by atoms with Crippen LogP contribution in [0.2, 0.25) is 0 Å². The Morgan fingerprint density at radius 1 is 1.53 bits per heavy atom. The monoisotopic (exact) mass is 269 g/mol. The molecule has 0 bridgehead atoms. The Morgan fingerprint density at radius 3 is 2.53 bits per heavy atom. The third kappa shape index (κ3) is 3.49. The molecule has 1 aliphatic heterocycles. The quantitative estimate of drug-likeness (QED) is 0.799. The predicted octanol–water partition coefficient (Wildman–Crippen LogP) is 2.52. The van der Waals surface area contributed by atoms with Crippen molar-refractivity contribution in [2.24, 2.45) is 11.3 Å². The van der Waals surface area contributed by atoms with Gasteiger partial charge in [-0.15, -0.1) is 6.58 Å². The summed E-state index contributed by atoms with van der Waals surface area (Å²) in [5.74, 6) is -1.01. The lowest BCUT2D eigenvalue weighted by atomic mass is 9.78. The topological polar surface area (TPSA) is 66.8 Å². The highest BCUT2D eigenvalue weighted by molar-refractivity contribution is 5.78. The van der Waals surface area contributed by atoms with E-state index < -0.39 is 23.1 Å². The molecule has 1 aliphatic rings. The largest absolute Gasteiger partial charge is 0.481 e. The molecule has 1 fully saturated rings. The molecule has 0 aromatic heterocycles. The van der Waals surface area contributed by atoms with Crippen molar-refractivity contribution < 1.29 is 19.4 Å². The SMILES string of the molecule is C=CCC1CN(C(=O)OC(C)(C)C)C[C@@]1(C)C(=O)O. The molecule has 2 atom stereocenters. The van der Waals surface area contributed by atoms with Crippen LogP contribution in [0.4, 0.5) is 4.79 Å². The summed E-state index contributed by atoms with van der Waals surface area (Å²) in [6.45, 7) is 11.3. The number of carbonyl (C=O) groups excluding carboxylic acids is 1. The maximum Gasteiger partial charge on any atom is 0.410 e. The van der Waals surface area contributed by atoms with E-state index in [0.717, 1.165) is 0 Å². The summed E-state index contributed by atoms with van der Waals surface area (Å²) in [6.07, 6.45) is 1.82. The summed E-state index contributed by atoms with van der Waals surface area (Å²) in [4.78, 5) is 24.9. The molecule has 108 valence electrons. The molecule has 19 heavy (non-hydrogen) atoms. The molecule has 1 rings (SSSR count). The van der Waals surface area contributed by atoms with Crippen LogP contribution in [0, 0.1) is 11.3 Å². The molecule has 1 heterocycles. The number of nitrogens with zero attached hydrogens (tertiary/aromatic N) is 1. The van der Waals surface area contributed by atoms with Crippen LogP contribution >= 0.6 is 0 Å². The van der Waals surface area contributed by atoms with E-state index in [1.54, 1.807) is 33.8 Å². The minimum Gasteiger partial charge on any atom is -0.481 e. The van der Waals surface area contributed by atoms with Crippen LogP contribution in [0.3, 0.4) is 0 Å². The summed E-state index contributed by atoms with van der Waals surface area (Å²) in [7, 11) is 0. The van der Waals surface area contributed by atoms with E-state index in [1.165, 1.54) is 4.90 Å². The first-order chi connectivity index (χ1) is 8.60. The molecule has 5 nitrogen and oxygen atoms in total. The van der Waals surface area contributed by atoms with E-state index in [-0.39, 0.29) is 12.5 Å². The second-order valence-electron chi connectivity index (χ2n) is 6.30. The molecule has 1 N–H and O–H groups in total. The first kappa shape index (κ1) is 15.5. The number of carbonyl (C=O) groups is 2. The third-order valence-corrected chi connectivity index (χ3v) is 3.45. The Hall–Kier alpha value is -1.52. The Bertz CT molecular complexity index is 385. The van der Waals surface area contributed by atoms with Gasteiger partial charge in [-0.3, -0.25) is 4.79 Å². The fourth-order valence-electron chi connectivity index (χ4n) is 2.30. The van der Waals surface area contributed by atoms with Gasteiger partial charge in [-0.25, -0.2) is 4.79 Å². The van der Waals surface area contributed by atoms with Crippen molar-refractivity contribution in [2.45, 2.75) is 39.7 Å². The zero-order valence-corrected chi connectivity index (χ0v) is 12.1. The van der Waals surface area contributed by atoms with Crippen molar-refractivity contribution >= 4 is 12.1 Å². The van der Waals surface area contributed by atoms with Gasteiger partial charge in [0, 0.05) is 13.1 Å². The third-order valence-electron chi connectivity index (χ3n) is 3.45. The second-order valence-corrected chi connectivity index (χ2v) is 6.30. The van der Waals surface area contributed by atoms with E-state index in [9.17, 15) is 14.7 Å². The second kappa shape index (κ2) is 5.23. The van der Waals surface area contributed by atoms with E-state index in [1.807, 2.05) is 0 Å². The van der Waals surface area contributed by atoms with Crippen molar-refractivity contribution in [3.8, 4) is 0 Å². The summed E-state index contributed by atoms with van der Waals surface area (Å²) < 4.78 is 5.29. The highest BCUT2D eigenvalue weighted by atomic mass is 16.6. The van der Waals surface area contributed by atoms with Gasteiger partial charge in [0.15, 0.2) is 0 Å². The van der Waals surface area contributed by atoms with E-state index in [2.05, 4.69) is 6.58 Å². The highest BCUT2D eigenvalue weighted by Crippen LogP contribution is 2.38. The zero-order valence-electron chi connectivity index (χ0n) is 12.1. The Kier molecular flexibility index (Phi) is 4.28.